The number of rotatable bonds is 12. The average Bonchev–Trinajstić information content (AvgIpc) is 3.24. The van der Waals surface area contributed by atoms with Gasteiger partial charge >= 0.3 is 12.1 Å². The molecule has 5 amide bonds. The quantitative estimate of drug-likeness (QED) is 0.191. The lowest BCUT2D eigenvalue weighted by molar-refractivity contribution is -0.125. The van der Waals surface area contributed by atoms with Gasteiger partial charge < -0.3 is 40.1 Å². The first-order valence-electron chi connectivity index (χ1n) is 20.1. The summed E-state index contributed by atoms with van der Waals surface area (Å²) in [7, 11) is -2.39. The summed E-state index contributed by atoms with van der Waals surface area (Å²) in [6, 6.07) is 20.1. The molecule has 0 radical (unpaired) electrons. The molecule has 6 rings (SSSR count). The molecule has 3 fully saturated rings. The average molecular weight is 852 g/mol. The monoisotopic (exact) mass is 851 g/mol. The molecule has 3 aliphatic rings. The largest absolute Gasteiger partial charge is 0.443 e. The zero-order valence-electron chi connectivity index (χ0n) is 33.7. The van der Waals surface area contributed by atoms with Gasteiger partial charge in [-0.1, -0.05) is 29.8 Å². The van der Waals surface area contributed by atoms with Crippen molar-refractivity contribution in [2.75, 3.05) is 69.7 Å². The van der Waals surface area contributed by atoms with Crippen LogP contribution in [0.15, 0.2) is 77.7 Å². The maximum absolute atomic E-state index is 14.0. The van der Waals surface area contributed by atoms with Crippen LogP contribution >= 0.6 is 11.6 Å². The van der Waals surface area contributed by atoms with Crippen LogP contribution < -0.4 is 25.6 Å². The van der Waals surface area contributed by atoms with E-state index in [0.717, 1.165) is 24.3 Å². The molecule has 4 N–H and O–H groups in total. The van der Waals surface area contributed by atoms with E-state index in [9.17, 15) is 27.6 Å². The Morgan fingerprint density at radius 2 is 1.44 bits per heavy atom. The second-order valence-electron chi connectivity index (χ2n) is 15.8. The van der Waals surface area contributed by atoms with Crippen molar-refractivity contribution in [3.8, 4) is 0 Å². The number of nitrogens with zero attached hydrogens (tertiary/aromatic N) is 3. The van der Waals surface area contributed by atoms with E-state index in [-0.39, 0.29) is 46.8 Å². The van der Waals surface area contributed by atoms with E-state index >= 15 is 0 Å². The summed E-state index contributed by atoms with van der Waals surface area (Å²) < 4.78 is 38.3. The molecule has 3 aromatic carbocycles. The molecule has 0 spiro atoms. The van der Waals surface area contributed by atoms with Crippen LogP contribution in [0.5, 0.6) is 0 Å². The van der Waals surface area contributed by atoms with Crippen molar-refractivity contribution in [2.24, 2.45) is 0 Å². The van der Waals surface area contributed by atoms with E-state index in [2.05, 4.69) is 25.6 Å². The molecule has 3 saturated heterocycles. The Morgan fingerprint density at radius 1 is 0.831 bits per heavy atom. The number of hydrogen-bond acceptors (Lipinski definition) is 9. The second-order valence-corrected chi connectivity index (χ2v) is 18.1. The SMILES string of the molecule is CNS(=O)(=O)c1cccc(C(=O)N2CCC(NC(=O)C(CC(C)(C)OC(=O)N3CCC(NC(=O)Nc4ccc(N5CCOCC5)cc4)CC3)c3ccc(Cl)cc3)CC2)c1. The number of sulfonamides is 1. The van der Waals surface area contributed by atoms with Crippen molar-refractivity contribution in [3.63, 3.8) is 0 Å². The fraction of sp³-hybridized carbons (Fsp3) is 0.476. The fourth-order valence-corrected chi connectivity index (χ4v) is 8.55. The van der Waals surface area contributed by atoms with Gasteiger partial charge in [-0.2, -0.15) is 0 Å². The van der Waals surface area contributed by atoms with Gasteiger partial charge in [-0.15, -0.1) is 0 Å². The van der Waals surface area contributed by atoms with Gasteiger partial charge in [0, 0.05) is 79.7 Å². The summed E-state index contributed by atoms with van der Waals surface area (Å²) in [4.78, 5) is 59.1. The Kier molecular flexibility index (Phi) is 14.4. The van der Waals surface area contributed by atoms with E-state index in [1.54, 1.807) is 54.0 Å². The minimum Gasteiger partial charge on any atom is -0.443 e. The lowest BCUT2D eigenvalue weighted by Gasteiger charge is -2.36. The number of piperidine rings is 2. The molecule has 3 heterocycles. The van der Waals surface area contributed by atoms with Crippen molar-refractivity contribution in [1.82, 2.24) is 25.2 Å². The molecule has 3 aliphatic heterocycles. The van der Waals surface area contributed by atoms with E-state index < -0.39 is 27.6 Å². The summed E-state index contributed by atoms with van der Waals surface area (Å²) in [5, 5.41) is 9.61. The summed E-state index contributed by atoms with van der Waals surface area (Å²) in [5.41, 5.74) is 1.74. The molecule has 15 nitrogen and oxygen atoms in total. The molecule has 0 aliphatic carbocycles. The van der Waals surface area contributed by atoms with Crippen molar-refractivity contribution in [2.45, 2.75) is 74.4 Å². The number of carbonyl (C=O) groups is 4. The number of anilines is 2. The molecular weight excluding hydrogens is 798 g/mol. The Morgan fingerprint density at radius 3 is 2.07 bits per heavy atom. The first-order chi connectivity index (χ1) is 28.2. The van der Waals surface area contributed by atoms with Crippen LogP contribution in [0.2, 0.25) is 5.02 Å². The van der Waals surface area contributed by atoms with Crippen LogP contribution in [0.4, 0.5) is 21.0 Å². The molecular formula is C42H54ClN7O8S. The van der Waals surface area contributed by atoms with Crippen molar-refractivity contribution < 1.29 is 37.1 Å². The zero-order valence-corrected chi connectivity index (χ0v) is 35.3. The minimum atomic E-state index is -3.71. The molecule has 59 heavy (non-hydrogen) atoms. The number of likely N-dealkylation sites (tertiary alicyclic amines) is 2. The molecule has 1 unspecified atom stereocenters. The standard InChI is InChI=1S/C42H54ClN7O8S/c1-42(2,58-41(54)50-21-17-34(18-22-50)47-40(53)46-32-11-13-35(14-12-32)48-23-25-57-26-24-48)28-37(29-7-9-31(43)10-8-29)38(51)45-33-15-19-49(20-16-33)39(52)30-5-4-6-36(27-30)59(55,56)44-3/h4-14,27,33-34,37,44H,15-26,28H2,1-3H3,(H,45,51)(H2,46,47,53). The zero-order chi connectivity index (χ0) is 42.2. The summed E-state index contributed by atoms with van der Waals surface area (Å²) in [6.45, 7) is 8.19. The van der Waals surface area contributed by atoms with E-state index in [1.165, 1.54) is 25.2 Å². The summed E-state index contributed by atoms with van der Waals surface area (Å²) in [5.74, 6) is -1.18. The van der Waals surface area contributed by atoms with E-state index in [4.69, 9.17) is 21.1 Å². The van der Waals surface area contributed by atoms with E-state index in [1.807, 2.05) is 24.3 Å². The van der Waals surface area contributed by atoms with Crippen molar-refractivity contribution in [3.05, 3.63) is 88.9 Å². The number of carbonyl (C=O) groups excluding carboxylic acids is 4. The van der Waals surface area contributed by atoms with Gasteiger partial charge in [0.25, 0.3) is 5.91 Å². The number of hydrogen-bond donors (Lipinski definition) is 4. The van der Waals surface area contributed by atoms with Gasteiger partial charge in [-0.25, -0.2) is 22.7 Å². The first-order valence-corrected chi connectivity index (χ1v) is 21.9. The number of halogens is 1. The highest BCUT2D eigenvalue weighted by Gasteiger charge is 2.36. The number of amides is 5. The summed E-state index contributed by atoms with van der Waals surface area (Å²) >= 11 is 6.19. The van der Waals surface area contributed by atoms with Crippen molar-refractivity contribution >= 4 is 56.9 Å². The highest BCUT2D eigenvalue weighted by molar-refractivity contribution is 7.89. The fourth-order valence-electron chi connectivity index (χ4n) is 7.65. The molecule has 318 valence electrons. The maximum atomic E-state index is 14.0. The molecule has 0 aromatic heterocycles. The number of nitrogens with one attached hydrogen (secondary N) is 4. The topological polar surface area (TPSA) is 179 Å². The third-order valence-corrected chi connectivity index (χ3v) is 12.7. The van der Waals surface area contributed by atoms with Gasteiger partial charge in [-0.3, -0.25) is 9.59 Å². The van der Waals surface area contributed by atoms with Gasteiger partial charge in [0.05, 0.1) is 24.0 Å². The smallest absolute Gasteiger partial charge is 0.410 e. The number of urea groups is 1. The van der Waals surface area contributed by atoms with Gasteiger partial charge in [-0.05, 0) is 107 Å². The van der Waals surface area contributed by atoms with E-state index in [0.29, 0.717) is 75.8 Å². The van der Waals surface area contributed by atoms with Crippen LogP contribution in [0, 0.1) is 0 Å². The molecule has 17 heteroatoms. The van der Waals surface area contributed by atoms with Crippen LogP contribution in [0.3, 0.4) is 0 Å². The predicted octanol–water partition coefficient (Wildman–Crippen LogP) is 5.18. The second kappa shape index (κ2) is 19.4. The number of morpholine rings is 1. The Bertz CT molecular complexity index is 2050. The first kappa shape index (κ1) is 43.7. The highest BCUT2D eigenvalue weighted by atomic mass is 35.5. The Labute approximate surface area is 351 Å². The van der Waals surface area contributed by atoms with Crippen molar-refractivity contribution in [1.29, 1.82) is 0 Å². The predicted molar refractivity (Wildman–Crippen MR) is 225 cm³/mol. The minimum absolute atomic E-state index is 0.0102. The van der Waals surface area contributed by atoms with Gasteiger partial charge in [0.2, 0.25) is 15.9 Å². The van der Waals surface area contributed by atoms with Crippen LogP contribution in [0.25, 0.3) is 0 Å². The van der Waals surface area contributed by atoms with Gasteiger partial charge in [0.15, 0.2) is 0 Å². The van der Waals surface area contributed by atoms with Crippen LogP contribution in [0.1, 0.15) is 67.8 Å². The third-order valence-electron chi connectivity index (χ3n) is 11.0. The lowest BCUT2D eigenvalue weighted by Crippen LogP contribution is -2.49. The number of benzene rings is 3. The van der Waals surface area contributed by atoms with Gasteiger partial charge in [0.1, 0.15) is 5.60 Å². The Balaban J connectivity index is 0.982. The molecule has 1 atom stereocenters. The van der Waals surface area contributed by atoms with Crippen LogP contribution in [-0.2, 0) is 24.3 Å². The maximum Gasteiger partial charge on any atom is 0.410 e. The molecule has 0 saturated carbocycles. The van der Waals surface area contributed by atoms with Crippen LogP contribution in [-0.4, -0.2) is 119 Å². The third kappa shape index (κ3) is 11.9. The Hall–Kier alpha value is -4.90. The number of ether oxygens (including phenoxy) is 2. The normalized spacial score (nSPS) is 17.5. The highest BCUT2D eigenvalue weighted by Crippen LogP contribution is 2.31. The lowest BCUT2D eigenvalue weighted by atomic mass is 9.86. The molecule has 3 aromatic rings. The molecule has 0 bridgehead atoms. The summed E-state index contributed by atoms with van der Waals surface area (Å²) in [6.07, 6.45) is 1.84.